The molecule has 0 saturated heterocycles. The number of nitrogens with zero attached hydrogens (tertiary/aromatic N) is 1. The summed E-state index contributed by atoms with van der Waals surface area (Å²) in [7, 11) is 0. The highest BCUT2D eigenvalue weighted by molar-refractivity contribution is 9.10. The summed E-state index contributed by atoms with van der Waals surface area (Å²) in [5.41, 5.74) is 2.94. The second kappa shape index (κ2) is 5.40. The molecule has 2 rings (SSSR count). The molecule has 0 saturated carbocycles. The van der Waals surface area contributed by atoms with E-state index in [1.807, 2.05) is 38.1 Å². The van der Waals surface area contributed by atoms with Gasteiger partial charge in [-0.1, -0.05) is 17.7 Å². The number of rotatable bonds is 3. The second-order valence-electron chi connectivity index (χ2n) is 4.30. The van der Waals surface area contributed by atoms with Crippen LogP contribution in [0.25, 0.3) is 0 Å². The Balaban J connectivity index is 2.18. The Labute approximate surface area is 115 Å². The molecule has 3 nitrogen and oxygen atoms in total. The summed E-state index contributed by atoms with van der Waals surface area (Å²) < 4.78 is 0.805. The van der Waals surface area contributed by atoms with E-state index in [0.29, 0.717) is 5.75 Å². The minimum Gasteiger partial charge on any atom is -0.508 e. The molecule has 0 spiro atoms. The van der Waals surface area contributed by atoms with Crippen molar-refractivity contribution >= 4 is 21.6 Å². The van der Waals surface area contributed by atoms with E-state index < -0.39 is 0 Å². The summed E-state index contributed by atoms with van der Waals surface area (Å²) in [5, 5.41) is 13.2. The molecule has 0 aliphatic carbocycles. The third-order valence-electron chi connectivity index (χ3n) is 2.76. The molecular weight excluding hydrogens is 292 g/mol. The van der Waals surface area contributed by atoms with Crippen LogP contribution < -0.4 is 5.32 Å². The van der Waals surface area contributed by atoms with E-state index >= 15 is 0 Å². The number of anilines is 1. The second-order valence-corrected chi connectivity index (χ2v) is 5.11. The highest BCUT2D eigenvalue weighted by atomic mass is 79.9. The zero-order valence-electron chi connectivity index (χ0n) is 10.3. The van der Waals surface area contributed by atoms with Gasteiger partial charge in [0.2, 0.25) is 0 Å². The van der Waals surface area contributed by atoms with Gasteiger partial charge in [-0.15, -0.1) is 0 Å². The monoisotopic (exact) mass is 306 g/mol. The van der Waals surface area contributed by atoms with Crippen LogP contribution in [0.3, 0.4) is 0 Å². The van der Waals surface area contributed by atoms with Crippen LogP contribution in [-0.2, 0) is 0 Å². The number of hydrogen-bond donors (Lipinski definition) is 2. The van der Waals surface area contributed by atoms with E-state index in [9.17, 15) is 5.11 Å². The van der Waals surface area contributed by atoms with E-state index in [1.165, 1.54) is 0 Å². The summed E-state index contributed by atoms with van der Waals surface area (Å²) >= 11 is 3.30. The number of aromatic hydroxyl groups is 1. The van der Waals surface area contributed by atoms with Gasteiger partial charge in [-0.2, -0.15) is 0 Å². The predicted molar refractivity (Wildman–Crippen MR) is 76.8 cm³/mol. The first-order chi connectivity index (χ1) is 8.56. The van der Waals surface area contributed by atoms with Gasteiger partial charge >= 0.3 is 0 Å². The highest BCUT2D eigenvalue weighted by Gasteiger charge is 2.10. The van der Waals surface area contributed by atoms with Crippen LogP contribution in [0.4, 0.5) is 5.69 Å². The van der Waals surface area contributed by atoms with Crippen molar-refractivity contribution in [3.63, 3.8) is 0 Å². The van der Waals surface area contributed by atoms with E-state index in [0.717, 1.165) is 21.4 Å². The Morgan fingerprint density at radius 2 is 2.06 bits per heavy atom. The molecule has 1 atom stereocenters. The lowest BCUT2D eigenvalue weighted by Crippen LogP contribution is -2.07. The molecule has 0 radical (unpaired) electrons. The molecule has 0 fully saturated rings. The van der Waals surface area contributed by atoms with Gasteiger partial charge in [0.05, 0.1) is 17.9 Å². The summed E-state index contributed by atoms with van der Waals surface area (Å²) in [6, 6.07) is 9.45. The van der Waals surface area contributed by atoms with Crippen LogP contribution in [0.15, 0.2) is 41.1 Å². The molecule has 2 aromatic rings. The largest absolute Gasteiger partial charge is 0.508 e. The summed E-state index contributed by atoms with van der Waals surface area (Å²) in [5.74, 6) is 0.311. The predicted octanol–water partition coefficient (Wildman–Crippen LogP) is 4.03. The number of pyridine rings is 1. The van der Waals surface area contributed by atoms with Crippen LogP contribution in [0.2, 0.25) is 0 Å². The van der Waals surface area contributed by atoms with Crippen molar-refractivity contribution in [1.29, 1.82) is 0 Å². The number of aryl methyl sites for hydroxylation is 1. The van der Waals surface area contributed by atoms with Crippen LogP contribution in [0.5, 0.6) is 5.75 Å². The Morgan fingerprint density at radius 1 is 1.28 bits per heavy atom. The summed E-state index contributed by atoms with van der Waals surface area (Å²) in [6.45, 7) is 4.02. The quantitative estimate of drug-likeness (QED) is 0.842. The summed E-state index contributed by atoms with van der Waals surface area (Å²) in [4.78, 5) is 4.16. The molecule has 18 heavy (non-hydrogen) atoms. The van der Waals surface area contributed by atoms with Gasteiger partial charge in [-0.25, -0.2) is 4.98 Å². The van der Waals surface area contributed by atoms with Gasteiger partial charge in [-0.05, 0) is 48.0 Å². The standard InChI is InChI=1S/C14H15BrN2O/c1-9-3-5-13(18)12(7-9)10(2)17-11-4-6-14(15)16-8-11/h3-8,10,17-18H,1-2H3. The van der Waals surface area contributed by atoms with E-state index in [4.69, 9.17) is 0 Å². The average molecular weight is 307 g/mol. The number of phenolic OH excluding ortho intramolecular Hbond substituents is 1. The number of halogens is 1. The van der Waals surface area contributed by atoms with Crippen LogP contribution in [0.1, 0.15) is 24.1 Å². The van der Waals surface area contributed by atoms with Gasteiger partial charge in [0, 0.05) is 5.56 Å². The normalized spacial score (nSPS) is 12.2. The van der Waals surface area contributed by atoms with Crippen molar-refractivity contribution in [1.82, 2.24) is 4.98 Å². The Kier molecular flexibility index (Phi) is 3.87. The molecule has 1 unspecified atom stereocenters. The van der Waals surface area contributed by atoms with Gasteiger partial charge in [0.15, 0.2) is 0 Å². The van der Waals surface area contributed by atoms with Gasteiger partial charge in [0.25, 0.3) is 0 Å². The number of phenols is 1. The molecule has 1 aromatic carbocycles. The van der Waals surface area contributed by atoms with Crippen molar-refractivity contribution in [2.75, 3.05) is 5.32 Å². The van der Waals surface area contributed by atoms with Crippen LogP contribution in [-0.4, -0.2) is 10.1 Å². The maximum absolute atomic E-state index is 9.86. The van der Waals surface area contributed by atoms with E-state index in [-0.39, 0.29) is 6.04 Å². The fraction of sp³-hybridized carbons (Fsp3) is 0.214. The number of nitrogens with one attached hydrogen (secondary N) is 1. The lowest BCUT2D eigenvalue weighted by Gasteiger charge is -2.17. The molecule has 0 amide bonds. The van der Waals surface area contributed by atoms with Crippen molar-refractivity contribution in [3.8, 4) is 5.75 Å². The number of aromatic nitrogens is 1. The molecule has 0 aliphatic heterocycles. The third-order valence-corrected chi connectivity index (χ3v) is 3.23. The van der Waals surface area contributed by atoms with Crippen molar-refractivity contribution in [2.45, 2.75) is 19.9 Å². The van der Waals surface area contributed by atoms with E-state index in [1.54, 1.807) is 12.3 Å². The maximum atomic E-state index is 9.86. The smallest absolute Gasteiger partial charge is 0.120 e. The lowest BCUT2D eigenvalue weighted by molar-refractivity contribution is 0.465. The molecule has 4 heteroatoms. The molecule has 2 N–H and O–H groups in total. The first kappa shape index (κ1) is 12.9. The SMILES string of the molecule is Cc1ccc(O)c(C(C)Nc2ccc(Br)nc2)c1. The Morgan fingerprint density at radius 3 is 2.72 bits per heavy atom. The fourth-order valence-corrected chi connectivity index (χ4v) is 2.04. The Hall–Kier alpha value is -1.55. The molecule has 94 valence electrons. The average Bonchev–Trinajstić information content (AvgIpc) is 2.35. The van der Waals surface area contributed by atoms with Crippen molar-refractivity contribution in [3.05, 3.63) is 52.3 Å². The molecule has 1 aromatic heterocycles. The maximum Gasteiger partial charge on any atom is 0.120 e. The van der Waals surface area contributed by atoms with Crippen LogP contribution in [0, 0.1) is 6.92 Å². The first-order valence-electron chi connectivity index (χ1n) is 5.74. The van der Waals surface area contributed by atoms with Crippen LogP contribution >= 0.6 is 15.9 Å². The third kappa shape index (κ3) is 3.01. The minimum atomic E-state index is 0.0212. The zero-order valence-corrected chi connectivity index (χ0v) is 11.9. The number of benzene rings is 1. The Bertz CT molecular complexity index is 540. The lowest BCUT2D eigenvalue weighted by atomic mass is 10.0. The van der Waals surface area contributed by atoms with Gasteiger partial charge < -0.3 is 10.4 Å². The minimum absolute atomic E-state index is 0.0212. The van der Waals surface area contributed by atoms with Gasteiger partial charge in [0.1, 0.15) is 10.4 Å². The fourth-order valence-electron chi connectivity index (χ4n) is 1.81. The summed E-state index contributed by atoms with van der Waals surface area (Å²) in [6.07, 6.45) is 1.76. The van der Waals surface area contributed by atoms with Crippen molar-refractivity contribution < 1.29 is 5.11 Å². The molecule has 1 heterocycles. The highest BCUT2D eigenvalue weighted by Crippen LogP contribution is 2.27. The molecular formula is C14H15BrN2O. The van der Waals surface area contributed by atoms with E-state index in [2.05, 4.69) is 26.2 Å². The van der Waals surface area contributed by atoms with Gasteiger partial charge in [-0.3, -0.25) is 0 Å². The zero-order chi connectivity index (χ0) is 13.1. The topological polar surface area (TPSA) is 45.1 Å². The number of hydrogen-bond acceptors (Lipinski definition) is 3. The first-order valence-corrected chi connectivity index (χ1v) is 6.53. The van der Waals surface area contributed by atoms with Crippen molar-refractivity contribution in [2.24, 2.45) is 0 Å². The molecule has 0 aliphatic rings. The molecule has 0 bridgehead atoms.